The lowest BCUT2D eigenvalue weighted by atomic mass is 9.94. The van der Waals surface area contributed by atoms with E-state index in [0.717, 1.165) is 23.0 Å². The number of fused-ring (bicyclic) bond motifs is 4. The van der Waals surface area contributed by atoms with Gasteiger partial charge in [-0.25, -0.2) is 0 Å². The second-order valence-corrected chi connectivity index (χ2v) is 7.24. The first kappa shape index (κ1) is 11.3. The maximum Gasteiger partial charge on any atom is 0.146 e. The Morgan fingerprint density at radius 2 is 1.05 bits per heavy atom. The fourth-order valence-electron chi connectivity index (χ4n) is 3.37. The summed E-state index contributed by atoms with van der Waals surface area (Å²) in [5.74, 6) is 3.75. The van der Waals surface area contributed by atoms with Gasteiger partial charge in [0, 0.05) is 21.9 Å². The lowest BCUT2D eigenvalue weighted by Gasteiger charge is -2.24. The summed E-state index contributed by atoms with van der Waals surface area (Å²) < 4.78 is 12.2. The molecule has 4 heterocycles. The van der Waals surface area contributed by atoms with Gasteiger partial charge in [0.2, 0.25) is 0 Å². The molecule has 0 saturated heterocycles. The van der Waals surface area contributed by atoms with Crippen molar-refractivity contribution in [3.05, 3.63) is 47.2 Å². The van der Waals surface area contributed by atoms with Crippen molar-refractivity contribution in [3.63, 3.8) is 0 Å². The lowest BCUT2D eigenvalue weighted by Crippen LogP contribution is -1.99. The van der Waals surface area contributed by atoms with Crippen LogP contribution in [0.1, 0.15) is 0 Å². The number of hydrogen-bond donors (Lipinski definition) is 0. The molecule has 0 spiro atoms. The predicted molar refractivity (Wildman–Crippen MR) is 90.7 cm³/mol. The van der Waals surface area contributed by atoms with E-state index in [2.05, 4.69) is 35.0 Å². The number of ether oxygens (including phenoxy) is 2. The first-order valence-electron chi connectivity index (χ1n) is 7.01. The molecule has 0 saturated carbocycles. The number of rotatable bonds is 0. The zero-order valence-electron chi connectivity index (χ0n) is 11.3. The largest absolute Gasteiger partial charge is 0.455 e. The third-order valence-corrected chi connectivity index (χ3v) is 6.13. The second kappa shape index (κ2) is 3.72. The summed E-state index contributed by atoms with van der Waals surface area (Å²) in [5.41, 5.74) is 2.49. The van der Waals surface area contributed by atoms with Gasteiger partial charge in [0.05, 0.1) is 9.75 Å². The maximum absolute atomic E-state index is 6.10. The van der Waals surface area contributed by atoms with E-state index in [0.29, 0.717) is 0 Å². The van der Waals surface area contributed by atoms with Crippen LogP contribution >= 0.6 is 22.7 Å². The Kier molecular flexibility index (Phi) is 1.91. The second-order valence-electron chi connectivity index (χ2n) is 5.40. The molecule has 2 aliphatic rings. The average Bonchev–Trinajstić information content (AvgIpc) is 3.19. The van der Waals surface area contributed by atoms with Crippen LogP contribution in [0.5, 0.6) is 23.0 Å². The van der Waals surface area contributed by atoms with Gasteiger partial charge in [-0.3, -0.25) is 0 Å². The standard InChI is InChI=1S/C18H8O2S2/c1-3-11-16-10(18-14(19-11)6-8-22-18)2-4-12-15(16)9(1)17-13(20-12)5-7-21-17/h1-8H. The zero-order chi connectivity index (χ0) is 14.3. The van der Waals surface area contributed by atoms with Crippen molar-refractivity contribution in [2.75, 3.05) is 0 Å². The molecule has 0 aliphatic carbocycles. The Labute approximate surface area is 134 Å². The van der Waals surface area contributed by atoms with Gasteiger partial charge in [0.15, 0.2) is 0 Å². The fourth-order valence-corrected chi connectivity index (χ4v) is 5.07. The normalized spacial score (nSPS) is 13.3. The van der Waals surface area contributed by atoms with Crippen molar-refractivity contribution in [1.29, 1.82) is 0 Å². The summed E-state index contributed by atoms with van der Waals surface area (Å²) in [5, 5.41) is 6.50. The molecule has 0 atom stereocenters. The molecule has 4 heteroatoms. The molecule has 0 fully saturated rings. The van der Waals surface area contributed by atoms with Gasteiger partial charge < -0.3 is 9.47 Å². The summed E-state index contributed by atoms with van der Waals surface area (Å²) in [7, 11) is 0. The number of benzene rings is 2. The Morgan fingerprint density at radius 3 is 1.55 bits per heavy atom. The topological polar surface area (TPSA) is 18.5 Å². The monoisotopic (exact) mass is 320 g/mol. The van der Waals surface area contributed by atoms with Gasteiger partial charge >= 0.3 is 0 Å². The van der Waals surface area contributed by atoms with Crippen molar-refractivity contribution in [2.24, 2.45) is 0 Å². The molecule has 0 unspecified atom stereocenters. The molecule has 4 aromatic rings. The maximum atomic E-state index is 6.10. The quantitative estimate of drug-likeness (QED) is 0.318. The van der Waals surface area contributed by atoms with Crippen LogP contribution in [0.2, 0.25) is 0 Å². The van der Waals surface area contributed by atoms with Gasteiger partial charge in [-0.2, -0.15) is 0 Å². The molecular weight excluding hydrogens is 312 g/mol. The van der Waals surface area contributed by atoms with Gasteiger partial charge in [-0.15, -0.1) is 22.7 Å². The van der Waals surface area contributed by atoms with Crippen LogP contribution < -0.4 is 9.47 Å². The molecule has 2 aromatic heterocycles. The molecule has 0 amide bonds. The van der Waals surface area contributed by atoms with Crippen molar-refractivity contribution < 1.29 is 9.47 Å². The van der Waals surface area contributed by atoms with E-state index < -0.39 is 0 Å². The number of hydrogen-bond acceptors (Lipinski definition) is 4. The van der Waals surface area contributed by atoms with E-state index in [1.54, 1.807) is 22.7 Å². The van der Waals surface area contributed by atoms with Crippen LogP contribution in [0.4, 0.5) is 0 Å². The zero-order valence-corrected chi connectivity index (χ0v) is 12.9. The van der Waals surface area contributed by atoms with E-state index in [9.17, 15) is 0 Å². The minimum Gasteiger partial charge on any atom is -0.455 e. The molecule has 2 aliphatic heterocycles. The molecule has 22 heavy (non-hydrogen) atoms. The van der Waals surface area contributed by atoms with Crippen LogP contribution in [0.25, 0.3) is 31.7 Å². The van der Waals surface area contributed by atoms with Gasteiger partial charge in [-0.05, 0) is 47.2 Å². The highest BCUT2D eigenvalue weighted by Crippen LogP contribution is 2.56. The Bertz CT molecular complexity index is 1000. The fraction of sp³-hybridized carbons (Fsp3) is 0. The van der Waals surface area contributed by atoms with E-state index in [1.165, 1.54) is 31.7 Å². The lowest BCUT2D eigenvalue weighted by molar-refractivity contribution is 0.482. The summed E-state index contributed by atoms with van der Waals surface area (Å²) in [4.78, 5) is 2.40. The van der Waals surface area contributed by atoms with Gasteiger partial charge in [-0.1, -0.05) is 0 Å². The van der Waals surface area contributed by atoms with E-state index in [-0.39, 0.29) is 0 Å². The van der Waals surface area contributed by atoms with Gasteiger partial charge in [0.1, 0.15) is 23.0 Å². The highest BCUT2D eigenvalue weighted by atomic mass is 32.1. The van der Waals surface area contributed by atoms with E-state index in [1.807, 2.05) is 12.1 Å². The summed E-state index contributed by atoms with van der Waals surface area (Å²) in [6, 6.07) is 12.5. The predicted octanol–water partition coefficient (Wildman–Crippen LogP) is 6.51. The molecule has 0 bridgehead atoms. The third-order valence-electron chi connectivity index (χ3n) is 4.27. The highest BCUT2D eigenvalue weighted by molar-refractivity contribution is 7.14. The van der Waals surface area contributed by atoms with Crippen molar-refractivity contribution in [2.45, 2.75) is 0 Å². The van der Waals surface area contributed by atoms with Crippen molar-refractivity contribution in [3.8, 4) is 43.9 Å². The minimum atomic E-state index is 0.921. The van der Waals surface area contributed by atoms with E-state index >= 15 is 0 Å². The average molecular weight is 320 g/mol. The Balaban J connectivity index is 1.84. The first-order chi connectivity index (χ1) is 10.9. The van der Waals surface area contributed by atoms with E-state index in [4.69, 9.17) is 9.47 Å². The van der Waals surface area contributed by atoms with Crippen LogP contribution in [-0.2, 0) is 0 Å². The molecular formula is C18H8O2S2. The van der Waals surface area contributed by atoms with Crippen LogP contribution in [0, 0.1) is 0 Å². The highest BCUT2D eigenvalue weighted by Gasteiger charge is 2.28. The smallest absolute Gasteiger partial charge is 0.146 e. The van der Waals surface area contributed by atoms with Crippen LogP contribution in [0.15, 0.2) is 47.2 Å². The molecule has 2 aromatic carbocycles. The summed E-state index contributed by atoms with van der Waals surface area (Å²) in [6.45, 7) is 0. The molecule has 0 N–H and O–H groups in total. The number of thiophene rings is 2. The van der Waals surface area contributed by atoms with Crippen LogP contribution in [0.3, 0.4) is 0 Å². The van der Waals surface area contributed by atoms with Gasteiger partial charge in [0.25, 0.3) is 0 Å². The molecule has 104 valence electrons. The Morgan fingerprint density at radius 1 is 0.545 bits per heavy atom. The summed E-state index contributed by atoms with van der Waals surface area (Å²) in [6.07, 6.45) is 0. The molecule has 6 rings (SSSR count). The van der Waals surface area contributed by atoms with Crippen molar-refractivity contribution in [1.82, 2.24) is 0 Å². The first-order valence-corrected chi connectivity index (χ1v) is 8.77. The molecule has 2 nitrogen and oxygen atoms in total. The Hall–Kier alpha value is -2.30. The minimum absolute atomic E-state index is 0.921. The third kappa shape index (κ3) is 1.22. The van der Waals surface area contributed by atoms with Crippen molar-refractivity contribution >= 4 is 33.4 Å². The molecule has 0 radical (unpaired) electrons. The SMILES string of the molecule is c1cc2c(s1)-c1ccc3c4c(ccc(c14)O2)-c1sccc1O3. The van der Waals surface area contributed by atoms with Crippen LogP contribution in [-0.4, -0.2) is 0 Å². The summed E-state index contributed by atoms with van der Waals surface area (Å²) >= 11 is 3.45.